The molecule has 122 valence electrons. The zero-order valence-electron chi connectivity index (χ0n) is 12.3. The summed E-state index contributed by atoms with van der Waals surface area (Å²) >= 11 is 11.0. The number of amides is 1. The Morgan fingerprint density at radius 2 is 1.83 bits per heavy atom. The Balaban J connectivity index is 1.98. The number of hydrogen-bond acceptors (Lipinski definition) is 3. The number of halogens is 1. The Kier molecular flexibility index (Phi) is 6.06. The van der Waals surface area contributed by atoms with Crippen molar-refractivity contribution >= 4 is 52.6 Å². The monoisotopic (exact) mass is 360 g/mol. The number of nitrogens with one attached hydrogen (secondary N) is 2. The standard InChI is InChI=1S/C17H13ClN2O3S/c18-13-8-7-12(16(22)23)10-14(13)19-17(24)20-15(21)9-6-11-4-2-1-3-5-11/h1-10H,(H,22,23)(H2,19,20,21,24)/b9-6+. The number of hydrogen-bond donors (Lipinski definition) is 3. The lowest BCUT2D eigenvalue weighted by atomic mass is 10.2. The maximum absolute atomic E-state index is 11.8. The molecule has 0 atom stereocenters. The summed E-state index contributed by atoms with van der Waals surface area (Å²) in [5, 5.41) is 14.4. The molecule has 0 aliphatic carbocycles. The van der Waals surface area contributed by atoms with Gasteiger partial charge in [0.1, 0.15) is 0 Å². The summed E-state index contributed by atoms with van der Waals surface area (Å²) < 4.78 is 0. The normalized spacial score (nSPS) is 10.4. The van der Waals surface area contributed by atoms with Gasteiger partial charge >= 0.3 is 5.97 Å². The van der Waals surface area contributed by atoms with Gasteiger partial charge in [-0.05, 0) is 42.1 Å². The summed E-state index contributed by atoms with van der Waals surface area (Å²) in [6.45, 7) is 0. The second-order valence-electron chi connectivity index (χ2n) is 4.69. The Morgan fingerprint density at radius 1 is 1.12 bits per heavy atom. The van der Waals surface area contributed by atoms with Crippen LogP contribution < -0.4 is 10.6 Å². The molecule has 0 fully saturated rings. The molecule has 0 saturated heterocycles. The van der Waals surface area contributed by atoms with E-state index in [2.05, 4.69) is 10.6 Å². The highest BCUT2D eigenvalue weighted by Gasteiger charge is 2.09. The van der Waals surface area contributed by atoms with Crippen molar-refractivity contribution in [3.8, 4) is 0 Å². The van der Waals surface area contributed by atoms with Gasteiger partial charge in [0, 0.05) is 6.08 Å². The second kappa shape index (κ2) is 8.24. The van der Waals surface area contributed by atoms with Crippen molar-refractivity contribution in [2.45, 2.75) is 0 Å². The van der Waals surface area contributed by atoms with Crippen LogP contribution in [0.2, 0.25) is 5.02 Å². The molecule has 0 aromatic heterocycles. The van der Waals surface area contributed by atoms with Gasteiger partial charge < -0.3 is 10.4 Å². The van der Waals surface area contributed by atoms with Gasteiger partial charge in [0.2, 0.25) is 5.91 Å². The van der Waals surface area contributed by atoms with E-state index in [9.17, 15) is 9.59 Å². The molecule has 5 nitrogen and oxygen atoms in total. The molecule has 0 aliphatic heterocycles. The van der Waals surface area contributed by atoms with Gasteiger partial charge in [0.25, 0.3) is 0 Å². The summed E-state index contributed by atoms with van der Waals surface area (Å²) in [5.74, 6) is -1.50. The fourth-order valence-corrected chi connectivity index (χ4v) is 2.17. The first-order valence-corrected chi connectivity index (χ1v) is 7.62. The first kappa shape index (κ1) is 17.7. The number of carboxylic acid groups (broad SMARTS) is 1. The molecule has 0 saturated carbocycles. The van der Waals surface area contributed by atoms with Crippen molar-refractivity contribution in [2.75, 3.05) is 5.32 Å². The molecule has 24 heavy (non-hydrogen) atoms. The van der Waals surface area contributed by atoms with Crippen LogP contribution in [0.1, 0.15) is 15.9 Å². The average Bonchev–Trinajstić information content (AvgIpc) is 2.55. The summed E-state index contributed by atoms with van der Waals surface area (Å²) in [7, 11) is 0. The number of carbonyl (C=O) groups excluding carboxylic acids is 1. The first-order valence-electron chi connectivity index (χ1n) is 6.83. The van der Waals surface area contributed by atoms with Gasteiger partial charge in [-0.1, -0.05) is 41.9 Å². The van der Waals surface area contributed by atoms with E-state index < -0.39 is 11.9 Å². The molecule has 0 spiro atoms. The van der Waals surface area contributed by atoms with E-state index >= 15 is 0 Å². The number of benzene rings is 2. The average molecular weight is 361 g/mol. The summed E-state index contributed by atoms with van der Waals surface area (Å²) in [6, 6.07) is 13.5. The van der Waals surface area contributed by atoms with Gasteiger partial charge in [0.15, 0.2) is 5.11 Å². The molecular weight excluding hydrogens is 348 g/mol. The highest BCUT2D eigenvalue weighted by atomic mass is 35.5. The van der Waals surface area contributed by atoms with Crippen molar-refractivity contribution < 1.29 is 14.7 Å². The van der Waals surface area contributed by atoms with Crippen LogP contribution in [0, 0.1) is 0 Å². The number of anilines is 1. The van der Waals surface area contributed by atoms with Crippen LogP contribution in [-0.2, 0) is 4.79 Å². The molecule has 0 bridgehead atoms. The number of carboxylic acids is 1. The molecule has 2 rings (SSSR count). The Bertz CT molecular complexity index is 807. The van der Waals surface area contributed by atoms with Crippen molar-refractivity contribution in [1.29, 1.82) is 0 Å². The van der Waals surface area contributed by atoms with Crippen molar-refractivity contribution in [3.05, 3.63) is 70.8 Å². The van der Waals surface area contributed by atoms with E-state index in [1.165, 1.54) is 24.3 Å². The van der Waals surface area contributed by atoms with Crippen LogP contribution in [0.4, 0.5) is 5.69 Å². The van der Waals surface area contributed by atoms with Gasteiger partial charge in [-0.2, -0.15) is 0 Å². The van der Waals surface area contributed by atoms with Crippen LogP contribution in [0.5, 0.6) is 0 Å². The Labute approximate surface area is 149 Å². The third-order valence-corrected chi connectivity index (χ3v) is 3.46. The Hall–Kier alpha value is -2.70. The topological polar surface area (TPSA) is 78.4 Å². The second-order valence-corrected chi connectivity index (χ2v) is 5.50. The fraction of sp³-hybridized carbons (Fsp3) is 0. The predicted molar refractivity (Wildman–Crippen MR) is 98.3 cm³/mol. The van der Waals surface area contributed by atoms with Gasteiger partial charge in [0.05, 0.1) is 16.3 Å². The lowest BCUT2D eigenvalue weighted by Crippen LogP contribution is -2.32. The Morgan fingerprint density at radius 3 is 2.50 bits per heavy atom. The number of rotatable bonds is 4. The van der Waals surface area contributed by atoms with E-state index in [1.807, 2.05) is 30.3 Å². The fourth-order valence-electron chi connectivity index (χ4n) is 1.80. The van der Waals surface area contributed by atoms with Crippen molar-refractivity contribution in [3.63, 3.8) is 0 Å². The molecule has 2 aromatic rings. The van der Waals surface area contributed by atoms with Crippen molar-refractivity contribution in [2.24, 2.45) is 0 Å². The van der Waals surface area contributed by atoms with Gasteiger partial charge in [-0.3, -0.25) is 10.1 Å². The summed E-state index contributed by atoms with van der Waals surface area (Å²) in [5.41, 5.74) is 1.23. The molecule has 0 aliphatic rings. The minimum Gasteiger partial charge on any atom is -0.478 e. The highest BCUT2D eigenvalue weighted by Crippen LogP contribution is 2.23. The van der Waals surface area contributed by atoms with E-state index in [4.69, 9.17) is 28.9 Å². The summed E-state index contributed by atoms with van der Waals surface area (Å²) in [4.78, 5) is 22.8. The minimum atomic E-state index is -1.09. The molecule has 2 aromatic carbocycles. The first-order chi connectivity index (χ1) is 11.5. The lowest BCUT2D eigenvalue weighted by molar-refractivity contribution is -0.115. The van der Waals surface area contributed by atoms with Crippen LogP contribution in [-0.4, -0.2) is 22.1 Å². The molecule has 0 unspecified atom stereocenters. The minimum absolute atomic E-state index is 0.0159. The maximum atomic E-state index is 11.8. The number of thiocarbonyl (C=S) groups is 1. The van der Waals surface area contributed by atoms with Gasteiger partial charge in [-0.15, -0.1) is 0 Å². The molecule has 1 amide bonds. The van der Waals surface area contributed by atoms with E-state index in [1.54, 1.807) is 6.08 Å². The smallest absolute Gasteiger partial charge is 0.335 e. The SMILES string of the molecule is O=C(/C=C/c1ccccc1)NC(=S)Nc1cc(C(=O)O)ccc1Cl. The van der Waals surface area contributed by atoms with Crippen LogP contribution in [0.25, 0.3) is 6.08 Å². The van der Waals surface area contributed by atoms with Crippen LogP contribution in [0.15, 0.2) is 54.6 Å². The van der Waals surface area contributed by atoms with E-state index in [0.717, 1.165) is 5.56 Å². The number of aromatic carboxylic acids is 1. The highest BCUT2D eigenvalue weighted by molar-refractivity contribution is 7.80. The van der Waals surface area contributed by atoms with Gasteiger partial charge in [-0.25, -0.2) is 4.79 Å². The predicted octanol–water partition coefficient (Wildman–Crippen LogP) is 3.56. The maximum Gasteiger partial charge on any atom is 0.335 e. The molecule has 0 heterocycles. The molecule has 3 N–H and O–H groups in total. The van der Waals surface area contributed by atoms with Crippen LogP contribution >= 0.6 is 23.8 Å². The third-order valence-electron chi connectivity index (χ3n) is 2.92. The van der Waals surface area contributed by atoms with E-state index in [-0.39, 0.29) is 15.7 Å². The molecule has 0 radical (unpaired) electrons. The molecular formula is C17H13ClN2O3S. The molecule has 7 heteroatoms. The lowest BCUT2D eigenvalue weighted by Gasteiger charge is -2.10. The van der Waals surface area contributed by atoms with Crippen LogP contribution in [0.3, 0.4) is 0 Å². The largest absolute Gasteiger partial charge is 0.478 e. The zero-order chi connectivity index (χ0) is 17.5. The van der Waals surface area contributed by atoms with E-state index in [0.29, 0.717) is 5.69 Å². The van der Waals surface area contributed by atoms with Crippen molar-refractivity contribution in [1.82, 2.24) is 5.32 Å². The quantitative estimate of drug-likeness (QED) is 0.574. The zero-order valence-corrected chi connectivity index (χ0v) is 13.9. The summed E-state index contributed by atoms with van der Waals surface area (Å²) in [6.07, 6.45) is 2.99. The third kappa shape index (κ3) is 5.19. The number of carbonyl (C=O) groups is 2.